The van der Waals surface area contributed by atoms with Crippen LogP contribution in [0, 0.1) is 0 Å². The molecule has 4 aromatic rings. The summed E-state index contributed by atoms with van der Waals surface area (Å²) < 4.78 is 11.4. The fourth-order valence-electron chi connectivity index (χ4n) is 4.14. The van der Waals surface area contributed by atoms with Crippen LogP contribution in [0.5, 0.6) is 0 Å². The first-order valence-electron chi connectivity index (χ1n) is 13.1. The van der Waals surface area contributed by atoms with Gasteiger partial charge >= 0.3 is 12.2 Å². The topological polar surface area (TPSA) is 62.3 Å². The summed E-state index contributed by atoms with van der Waals surface area (Å²) in [4.78, 5) is 36.1. The second-order valence-corrected chi connectivity index (χ2v) is 13.6. The minimum atomic E-state index is -0.316. The van der Waals surface area contributed by atoms with Gasteiger partial charge in [0.1, 0.15) is 0 Å². The Hall–Kier alpha value is -2.70. The lowest BCUT2D eigenvalue weighted by Gasteiger charge is -2.26. The van der Waals surface area contributed by atoms with Gasteiger partial charge in [-0.15, -0.1) is 45.3 Å². The highest BCUT2D eigenvalue weighted by atomic mass is 32.1. The maximum Gasteiger partial charge on any atom is 0.410 e. The van der Waals surface area contributed by atoms with Gasteiger partial charge in [-0.25, -0.2) is 9.59 Å². The van der Waals surface area contributed by atoms with Crippen LogP contribution in [-0.2, 0) is 35.7 Å². The number of hydrogen-bond donors (Lipinski definition) is 0. The fraction of sp³-hybridized carbons (Fsp3) is 0.379. The van der Waals surface area contributed by atoms with Crippen LogP contribution < -0.4 is 0 Å². The molecular formula is C29H35N3O4S4. The second kappa shape index (κ2) is 15.9. The third-order valence-electron chi connectivity index (χ3n) is 6.31. The van der Waals surface area contributed by atoms with E-state index in [1.807, 2.05) is 84.1 Å². The highest BCUT2D eigenvalue weighted by Crippen LogP contribution is 2.20. The van der Waals surface area contributed by atoms with E-state index < -0.39 is 0 Å². The van der Waals surface area contributed by atoms with Crippen molar-refractivity contribution in [3.8, 4) is 0 Å². The van der Waals surface area contributed by atoms with Crippen LogP contribution in [0.25, 0.3) is 0 Å². The van der Waals surface area contributed by atoms with Crippen molar-refractivity contribution in [1.82, 2.24) is 14.7 Å². The van der Waals surface area contributed by atoms with Crippen LogP contribution in [-0.4, -0.2) is 60.2 Å². The Balaban J connectivity index is 1.25. The number of amides is 2. The van der Waals surface area contributed by atoms with Crippen LogP contribution in [0.15, 0.2) is 70.1 Å². The summed E-state index contributed by atoms with van der Waals surface area (Å²) in [5, 5.41) is 8.06. The summed E-state index contributed by atoms with van der Waals surface area (Å²) in [7, 11) is 3.99. The van der Waals surface area contributed by atoms with Gasteiger partial charge < -0.3 is 14.4 Å². The largest absolute Gasteiger partial charge is 0.449 e. The lowest BCUT2D eigenvalue weighted by Crippen LogP contribution is -2.35. The van der Waals surface area contributed by atoms with Gasteiger partial charge in [0.2, 0.25) is 0 Å². The predicted octanol–water partition coefficient (Wildman–Crippen LogP) is 7.62. The molecule has 4 aromatic heterocycles. The summed E-state index contributed by atoms with van der Waals surface area (Å²) >= 11 is 6.53. The SMILES string of the molecule is CN(C)C(CCOC(=O)N(Cc1cccs1)Cc1cccs1)CCOC(=O)N(Cc1cccs1)Cc1cccs1. The van der Waals surface area contributed by atoms with E-state index in [1.54, 1.807) is 55.1 Å². The predicted molar refractivity (Wildman–Crippen MR) is 165 cm³/mol. The fourth-order valence-corrected chi connectivity index (χ4v) is 7.02. The van der Waals surface area contributed by atoms with E-state index in [0.717, 1.165) is 19.5 Å². The molecule has 0 atom stereocenters. The van der Waals surface area contributed by atoms with Crippen molar-refractivity contribution >= 4 is 57.5 Å². The van der Waals surface area contributed by atoms with Gasteiger partial charge in [-0.05, 0) is 72.7 Å². The molecule has 0 aliphatic heterocycles. The molecule has 214 valence electrons. The number of ether oxygens (including phenoxy) is 2. The number of rotatable bonds is 15. The van der Waals surface area contributed by atoms with E-state index in [2.05, 4.69) is 4.90 Å². The van der Waals surface area contributed by atoms with Crippen LogP contribution in [0.1, 0.15) is 32.4 Å². The molecule has 2 amide bonds. The zero-order valence-electron chi connectivity index (χ0n) is 22.8. The van der Waals surface area contributed by atoms with Gasteiger partial charge in [0.25, 0.3) is 0 Å². The molecule has 0 aliphatic carbocycles. The van der Waals surface area contributed by atoms with E-state index in [0.29, 0.717) is 52.2 Å². The average molecular weight is 618 g/mol. The molecule has 11 heteroatoms. The quantitative estimate of drug-likeness (QED) is 0.137. The minimum absolute atomic E-state index is 0.103. The molecule has 0 bridgehead atoms. The van der Waals surface area contributed by atoms with Crippen molar-refractivity contribution in [1.29, 1.82) is 0 Å². The van der Waals surface area contributed by atoms with Crippen LogP contribution in [0.4, 0.5) is 9.59 Å². The molecule has 0 radical (unpaired) electrons. The Morgan fingerprint density at radius 3 is 1.20 bits per heavy atom. The van der Waals surface area contributed by atoms with Crippen molar-refractivity contribution in [2.45, 2.75) is 45.1 Å². The Morgan fingerprint density at radius 1 is 0.625 bits per heavy atom. The average Bonchev–Trinajstić information content (AvgIpc) is 3.76. The molecule has 0 spiro atoms. The number of carbonyl (C=O) groups is 2. The first-order valence-corrected chi connectivity index (χ1v) is 16.6. The van der Waals surface area contributed by atoms with E-state index in [9.17, 15) is 9.59 Å². The van der Waals surface area contributed by atoms with Gasteiger partial charge in [-0.2, -0.15) is 0 Å². The zero-order valence-corrected chi connectivity index (χ0v) is 26.0. The normalized spacial score (nSPS) is 11.2. The van der Waals surface area contributed by atoms with Crippen molar-refractivity contribution < 1.29 is 19.1 Å². The summed E-state index contributed by atoms with van der Waals surface area (Å²) in [6, 6.07) is 16.2. The summed E-state index contributed by atoms with van der Waals surface area (Å²) in [5.41, 5.74) is 0. The molecule has 0 unspecified atom stereocenters. The molecule has 4 rings (SSSR count). The highest BCUT2D eigenvalue weighted by molar-refractivity contribution is 7.10. The molecule has 4 heterocycles. The van der Waals surface area contributed by atoms with Gasteiger partial charge in [-0.3, -0.25) is 9.80 Å². The first kappa shape index (κ1) is 30.3. The van der Waals surface area contributed by atoms with Crippen LogP contribution >= 0.6 is 45.3 Å². The van der Waals surface area contributed by atoms with E-state index >= 15 is 0 Å². The molecular weight excluding hydrogens is 583 g/mol. The first-order chi connectivity index (χ1) is 19.5. The lowest BCUT2D eigenvalue weighted by atomic mass is 10.1. The summed E-state index contributed by atoms with van der Waals surface area (Å²) in [6.45, 7) is 2.68. The molecule has 0 fully saturated rings. The van der Waals surface area contributed by atoms with Crippen molar-refractivity contribution in [2.75, 3.05) is 27.3 Å². The third kappa shape index (κ3) is 9.74. The Bertz CT molecular complexity index is 1080. The van der Waals surface area contributed by atoms with Crippen molar-refractivity contribution in [3.05, 3.63) is 89.6 Å². The van der Waals surface area contributed by atoms with E-state index in [4.69, 9.17) is 9.47 Å². The van der Waals surface area contributed by atoms with Gasteiger partial charge in [0.05, 0.1) is 39.4 Å². The smallest absolute Gasteiger partial charge is 0.410 e. The van der Waals surface area contributed by atoms with Crippen LogP contribution in [0.2, 0.25) is 0 Å². The molecule has 0 aromatic carbocycles. The van der Waals surface area contributed by atoms with Gasteiger partial charge in [0.15, 0.2) is 0 Å². The molecule has 0 aliphatic rings. The number of carbonyl (C=O) groups excluding carboxylic acids is 2. The molecule has 0 N–H and O–H groups in total. The minimum Gasteiger partial charge on any atom is -0.449 e. The van der Waals surface area contributed by atoms with Crippen molar-refractivity contribution in [2.24, 2.45) is 0 Å². The Kier molecular flexibility index (Phi) is 12.0. The van der Waals surface area contributed by atoms with Crippen LogP contribution in [0.3, 0.4) is 0 Å². The monoisotopic (exact) mass is 617 g/mol. The zero-order chi connectivity index (χ0) is 28.2. The van der Waals surface area contributed by atoms with E-state index in [1.165, 1.54) is 0 Å². The number of nitrogens with zero attached hydrogens (tertiary/aromatic N) is 3. The van der Waals surface area contributed by atoms with Gasteiger partial charge in [-0.1, -0.05) is 24.3 Å². The third-order valence-corrected chi connectivity index (χ3v) is 9.75. The molecule has 0 saturated carbocycles. The number of thiophene rings is 4. The Morgan fingerprint density at radius 2 is 0.950 bits per heavy atom. The number of hydrogen-bond acceptors (Lipinski definition) is 9. The van der Waals surface area contributed by atoms with Gasteiger partial charge in [0, 0.05) is 25.6 Å². The maximum absolute atomic E-state index is 13.0. The summed E-state index contributed by atoms with van der Waals surface area (Å²) in [5.74, 6) is 0. The van der Waals surface area contributed by atoms with Crippen molar-refractivity contribution in [3.63, 3.8) is 0 Å². The molecule has 40 heavy (non-hydrogen) atoms. The lowest BCUT2D eigenvalue weighted by molar-refractivity contribution is 0.0763. The second-order valence-electron chi connectivity index (χ2n) is 9.45. The van der Waals surface area contributed by atoms with E-state index in [-0.39, 0.29) is 18.2 Å². The standard InChI is InChI=1S/C29H35N3O4S4/c1-30(2)23(11-13-35-28(33)31(19-24-7-3-15-37-24)20-25-8-4-16-38-25)12-14-36-29(34)32(21-26-9-5-17-39-26)22-27-10-6-18-40-27/h3-10,15-18,23H,11-14,19-22H2,1-2H3. The summed E-state index contributed by atoms with van der Waals surface area (Å²) in [6.07, 6.45) is 0.666. The Labute approximate surface area is 252 Å². The highest BCUT2D eigenvalue weighted by Gasteiger charge is 2.21. The molecule has 0 saturated heterocycles. The maximum atomic E-state index is 13.0. The molecule has 7 nitrogen and oxygen atoms in total.